The first-order chi connectivity index (χ1) is 17.4. The van der Waals surface area contributed by atoms with Crippen LogP contribution in [0.3, 0.4) is 0 Å². The lowest BCUT2D eigenvalue weighted by atomic mass is 9.92. The maximum Gasteiger partial charge on any atom is 0.276 e. The zero-order valence-corrected chi connectivity index (χ0v) is 21.2. The van der Waals surface area contributed by atoms with Gasteiger partial charge in [0.1, 0.15) is 43.0 Å². The van der Waals surface area contributed by atoms with Crippen LogP contribution in [0.1, 0.15) is 31.4 Å². The van der Waals surface area contributed by atoms with E-state index in [0.29, 0.717) is 17.9 Å². The Labute approximate surface area is 215 Å². The molecule has 3 atom stereocenters. The zero-order chi connectivity index (χ0) is 25.4. The molecule has 0 bridgehead atoms. The van der Waals surface area contributed by atoms with Crippen LogP contribution in [0.5, 0.6) is 0 Å². The number of hydrogen-bond donors (Lipinski definition) is 3. The van der Waals surface area contributed by atoms with Gasteiger partial charge in [0.15, 0.2) is 10.8 Å². The molecule has 1 saturated heterocycles. The van der Waals surface area contributed by atoms with Crippen molar-refractivity contribution in [1.82, 2.24) is 15.2 Å². The number of anilines is 1. The summed E-state index contributed by atoms with van der Waals surface area (Å²) in [6.45, 7) is 1.29. The van der Waals surface area contributed by atoms with Crippen LogP contribution in [0, 0.1) is 0 Å². The lowest BCUT2D eigenvalue weighted by molar-refractivity contribution is -0.852. The number of carbonyl (C=O) groups is 3. The van der Waals surface area contributed by atoms with Crippen molar-refractivity contribution < 1.29 is 29.2 Å². The van der Waals surface area contributed by atoms with Crippen molar-refractivity contribution in [2.24, 2.45) is 5.16 Å². The van der Waals surface area contributed by atoms with E-state index < -0.39 is 29.2 Å². The van der Waals surface area contributed by atoms with Crippen LogP contribution >= 0.6 is 23.1 Å². The van der Waals surface area contributed by atoms with Crippen LogP contribution in [0.2, 0.25) is 0 Å². The largest absolute Gasteiger partial charge is 0.543 e. The lowest BCUT2D eigenvalue weighted by Gasteiger charge is -2.50. The van der Waals surface area contributed by atoms with Gasteiger partial charge < -0.3 is 25.8 Å². The number of rotatable bonds is 7. The van der Waals surface area contributed by atoms with Gasteiger partial charge in [-0.3, -0.25) is 19.4 Å². The first kappa shape index (κ1) is 24.5. The minimum atomic E-state index is -1.38. The van der Waals surface area contributed by atoms with Crippen molar-refractivity contribution in [2.45, 2.75) is 37.1 Å². The summed E-state index contributed by atoms with van der Waals surface area (Å²) in [4.78, 5) is 49.5. The highest BCUT2D eigenvalue weighted by molar-refractivity contribution is 8.00. The zero-order valence-electron chi connectivity index (χ0n) is 19.6. The van der Waals surface area contributed by atoms with E-state index in [2.05, 4.69) is 27.6 Å². The summed E-state index contributed by atoms with van der Waals surface area (Å²) >= 11 is 2.57. The number of allylic oxidation sites excluding steroid dienone is 3. The van der Waals surface area contributed by atoms with Crippen LogP contribution in [-0.2, 0) is 19.2 Å². The van der Waals surface area contributed by atoms with E-state index in [1.54, 1.807) is 5.38 Å². The van der Waals surface area contributed by atoms with Gasteiger partial charge in [0, 0.05) is 28.7 Å². The molecular formula is C23H26N6O5S2. The number of hydrogen-bond acceptors (Lipinski definition) is 10. The number of aliphatic carboxylic acids is 1. The van der Waals surface area contributed by atoms with E-state index >= 15 is 0 Å². The SMILES string of the molecule is CON=C(C(=O)NC1C(=O)N2C(C(=O)[O-])=C(C[NH+]3CC=CC4=C3CCCC4)CSC12)c1csc(N)n1. The summed E-state index contributed by atoms with van der Waals surface area (Å²) in [5.74, 6) is -2.11. The Hall–Kier alpha value is -3.16. The molecule has 3 aliphatic heterocycles. The number of carboxylic acid groups (broad SMARTS) is 1. The second-order valence-corrected chi connectivity index (χ2v) is 10.9. The van der Waals surface area contributed by atoms with E-state index in [4.69, 9.17) is 10.6 Å². The average Bonchev–Trinajstić information content (AvgIpc) is 3.31. The molecule has 0 saturated carbocycles. The molecule has 1 aliphatic carbocycles. The van der Waals surface area contributed by atoms with Gasteiger partial charge in [-0.1, -0.05) is 11.2 Å². The van der Waals surface area contributed by atoms with Crippen LogP contribution < -0.4 is 21.1 Å². The van der Waals surface area contributed by atoms with E-state index in [-0.39, 0.29) is 22.2 Å². The monoisotopic (exact) mass is 530 g/mol. The Morgan fingerprint density at radius 2 is 2.19 bits per heavy atom. The minimum absolute atomic E-state index is 0.0766. The van der Waals surface area contributed by atoms with Crippen LogP contribution in [0.15, 0.2) is 45.2 Å². The number of quaternary nitrogens is 1. The molecule has 1 aromatic heterocycles. The molecule has 11 nitrogen and oxygen atoms in total. The predicted octanol–water partition coefficient (Wildman–Crippen LogP) is -1.24. The molecule has 4 aliphatic rings. The Kier molecular flexibility index (Phi) is 6.86. The molecule has 0 spiro atoms. The number of thiazole rings is 1. The van der Waals surface area contributed by atoms with Crippen molar-refractivity contribution in [1.29, 1.82) is 0 Å². The fourth-order valence-corrected chi connectivity index (χ4v) is 7.02. The van der Waals surface area contributed by atoms with Gasteiger partial charge in [-0.25, -0.2) is 4.98 Å². The summed E-state index contributed by atoms with van der Waals surface area (Å²) in [6, 6.07) is -0.908. The van der Waals surface area contributed by atoms with Gasteiger partial charge in [0.25, 0.3) is 11.8 Å². The third-order valence-electron chi connectivity index (χ3n) is 6.74. The fourth-order valence-electron chi connectivity index (χ4n) is 5.13. The van der Waals surface area contributed by atoms with Crippen LogP contribution in [-0.4, -0.2) is 70.7 Å². The number of nitrogen functional groups attached to an aromatic ring is 1. The number of aromatic nitrogens is 1. The first-order valence-electron chi connectivity index (χ1n) is 11.6. The normalized spacial score (nSPS) is 25.8. The predicted molar refractivity (Wildman–Crippen MR) is 132 cm³/mol. The molecule has 0 aromatic carbocycles. The number of thioether (sulfide) groups is 1. The Morgan fingerprint density at radius 1 is 1.39 bits per heavy atom. The van der Waals surface area contributed by atoms with E-state index in [1.165, 1.54) is 46.4 Å². The summed E-state index contributed by atoms with van der Waals surface area (Å²) in [6.07, 6.45) is 8.67. The third-order valence-corrected chi connectivity index (χ3v) is 8.75. The average molecular weight is 531 g/mol. The number of carbonyl (C=O) groups excluding carboxylic acids is 3. The molecule has 13 heteroatoms. The Morgan fingerprint density at radius 3 is 2.92 bits per heavy atom. The topological polar surface area (TPSA) is 154 Å². The molecule has 3 unspecified atom stereocenters. The molecule has 36 heavy (non-hydrogen) atoms. The van der Waals surface area contributed by atoms with Crippen molar-refractivity contribution in [3.8, 4) is 0 Å². The molecule has 4 N–H and O–H groups in total. The molecule has 4 heterocycles. The number of amides is 2. The molecule has 2 amide bonds. The van der Waals surface area contributed by atoms with Crippen molar-refractivity contribution >= 4 is 51.7 Å². The van der Waals surface area contributed by atoms with Gasteiger partial charge in [0.05, 0.1) is 11.7 Å². The standard InChI is InChI=1S/C23H26N6O5S2/c1-34-27-16(14-11-36-23(24)25-14)19(30)26-17-20(31)29-18(22(32)33)13(10-35-21(17)29)9-28-8-4-6-12-5-2-3-7-15(12)28/h4,6,11,17,21H,2-3,5,7-10H2,1H3,(H2,24,25)(H,26,30)(H,32,33). The van der Waals surface area contributed by atoms with Gasteiger partial charge in [-0.2, -0.15) is 0 Å². The summed E-state index contributed by atoms with van der Waals surface area (Å²) in [5, 5.41) is 19.8. The van der Waals surface area contributed by atoms with E-state index in [0.717, 1.165) is 37.1 Å². The van der Waals surface area contributed by atoms with Crippen LogP contribution in [0.25, 0.3) is 0 Å². The first-order valence-corrected chi connectivity index (χ1v) is 13.6. The highest BCUT2D eigenvalue weighted by Gasteiger charge is 2.53. The van der Waals surface area contributed by atoms with E-state index in [1.807, 2.05) is 0 Å². The van der Waals surface area contributed by atoms with E-state index in [9.17, 15) is 19.5 Å². The molecule has 1 aromatic rings. The van der Waals surface area contributed by atoms with Gasteiger partial charge in [0.2, 0.25) is 0 Å². The lowest BCUT2D eigenvalue weighted by Crippen LogP contribution is -3.11. The molecule has 0 radical (unpaired) electrons. The Balaban J connectivity index is 1.33. The van der Waals surface area contributed by atoms with Crippen molar-refractivity contribution in [2.75, 3.05) is 31.7 Å². The third kappa shape index (κ3) is 4.42. The second kappa shape index (κ2) is 10.1. The maximum atomic E-state index is 13.1. The van der Waals surface area contributed by atoms with Crippen molar-refractivity contribution in [3.05, 3.63) is 45.8 Å². The van der Waals surface area contributed by atoms with Gasteiger partial charge in [-0.05, 0) is 25.3 Å². The van der Waals surface area contributed by atoms with Crippen LogP contribution in [0.4, 0.5) is 5.13 Å². The molecular weight excluding hydrogens is 504 g/mol. The summed E-state index contributed by atoms with van der Waals surface area (Å²) < 4.78 is 0. The smallest absolute Gasteiger partial charge is 0.276 e. The quantitative estimate of drug-likeness (QED) is 0.225. The molecule has 1 fully saturated rings. The number of carboxylic acids is 1. The summed E-state index contributed by atoms with van der Waals surface area (Å²) in [5.41, 5.74) is 9.06. The number of fused-ring (bicyclic) bond motifs is 1. The Bertz CT molecular complexity index is 1240. The fraction of sp³-hybridized carbons (Fsp3) is 0.435. The minimum Gasteiger partial charge on any atom is -0.543 e. The maximum absolute atomic E-state index is 13.1. The summed E-state index contributed by atoms with van der Waals surface area (Å²) in [7, 11) is 1.29. The molecule has 5 rings (SSSR count). The highest BCUT2D eigenvalue weighted by atomic mass is 32.2. The van der Waals surface area contributed by atoms with Crippen molar-refractivity contribution in [3.63, 3.8) is 0 Å². The van der Waals surface area contributed by atoms with Gasteiger partial charge >= 0.3 is 0 Å². The number of nitrogens with two attached hydrogens (primary N) is 1. The van der Waals surface area contributed by atoms with Gasteiger partial charge in [-0.15, -0.1) is 23.1 Å². The number of nitrogens with one attached hydrogen (secondary N) is 2. The molecule has 190 valence electrons. The number of nitrogens with zero attached hydrogens (tertiary/aromatic N) is 3. The second-order valence-electron chi connectivity index (χ2n) is 8.89. The number of oxime groups is 1. The number of β-lactam (4-membered cyclic amide) rings is 1. The highest BCUT2D eigenvalue weighted by Crippen LogP contribution is 2.40.